The van der Waals surface area contributed by atoms with Crippen LogP contribution in [0.5, 0.6) is 5.75 Å². The maximum absolute atomic E-state index is 12.3. The quantitative estimate of drug-likeness (QED) is 0.506. The fraction of sp³-hybridized carbons (Fsp3) is 0.0526. The van der Waals surface area contributed by atoms with Gasteiger partial charge in [-0.2, -0.15) is 0 Å². The van der Waals surface area contributed by atoms with E-state index >= 15 is 0 Å². The first kappa shape index (κ1) is 16.6. The van der Waals surface area contributed by atoms with Crippen molar-refractivity contribution in [1.29, 1.82) is 0 Å². The molecule has 7 heteroatoms. The van der Waals surface area contributed by atoms with Crippen molar-refractivity contribution in [3.63, 3.8) is 0 Å². The largest absolute Gasteiger partial charge is 0.497 e. The summed E-state index contributed by atoms with van der Waals surface area (Å²) < 4.78 is 11.1. The minimum atomic E-state index is -0.300. The zero-order chi connectivity index (χ0) is 18.1. The lowest BCUT2D eigenvalue weighted by atomic mass is 10.2. The van der Waals surface area contributed by atoms with Gasteiger partial charge in [0.05, 0.1) is 17.7 Å². The molecule has 0 aliphatic rings. The second kappa shape index (κ2) is 6.82. The van der Waals surface area contributed by atoms with Crippen LogP contribution in [0.25, 0.3) is 22.4 Å². The number of furan rings is 1. The number of halogens is 1. The maximum Gasteiger partial charge on any atom is 0.258 e. The predicted octanol–water partition coefficient (Wildman–Crippen LogP) is 5.47. The van der Waals surface area contributed by atoms with E-state index in [1.807, 2.05) is 29.6 Å². The lowest BCUT2D eigenvalue weighted by molar-refractivity contribution is 0.102. The fourth-order valence-electron chi connectivity index (χ4n) is 2.53. The summed E-state index contributed by atoms with van der Waals surface area (Å²) in [5.41, 5.74) is 1.80. The molecule has 0 fully saturated rings. The highest BCUT2D eigenvalue weighted by molar-refractivity contribution is 7.14. The van der Waals surface area contributed by atoms with Gasteiger partial charge in [-0.15, -0.1) is 11.3 Å². The first-order chi connectivity index (χ1) is 12.6. The van der Waals surface area contributed by atoms with E-state index < -0.39 is 0 Å². The van der Waals surface area contributed by atoms with Crippen molar-refractivity contribution in [3.05, 3.63) is 64.5 Å². The SMILES string of the molecule is COc1ccc2oc(-c3csc(NC(=O)c4ccccc4Cl)n3)cc2c1. The molecule has 0 atom stereocenters. The van der Waals surface area contributed by atoms with Gasteiger partial charge >= 0.3 is 0 Å². The number of amides is 1. The van der Waals surface area contributed by atoms with Crippen molar-refractivity contribution >= 4 is 44.9 Å². The number of hydrogen-bond acceptors (Lipinski definition) is 5. The zero-order valence-electron chi connectivity index (χ0n) is 13.7. The molecule has 26 heavy (non-hydrogen) atoms. The third-order valence-electron chi connectivity index (χ3n) is 3.82. The summed E-state index contributed by atoms with van der Waals surface area (Å²) >= 11 is 7.37. The minimum Gasteiger partial charge on any atom is -0.497 e. The van der Waals surface area contributed by atoms with Crippen LogP contribution >= 0.6 is 22.9 Å². The Kier molecular flexibility index (Phi) is 4.36. The Morgan fingerprint density at radius 2 is 2.08 bits per heavy atom. The van der Waals surface area contributed by atoms with Crippen LogP contribution in [0.2, 0.25) is 5.02 Å². The number of benzene rings is 2. The number of nitrogens with one attached hydrogen (secondary N) is 1. The number of thiazole rings is 1. The van der Waals surface area contributed by atoms with Gasteiger partial charge in [0.2, 0.25) is 0 Å². The molecule has 0 unspecified atom stereocenters. The van der Waals surface area contributed by atoms with Gasteiger partial charge in [-0.05, 0) is 36.4 Å². The molecule has 2 aromatic carbocycles. The van der Waals surface area contributed by atoms with Crippen LogP contribution < -0.4 is 10.1 Å². The summed E-state index contributed by atoms with van der Waals surface area (Å²) in [7, 11) is 1.62. The van der Waals surface area contributed by atoms with Crippen LogP contribution in [0, 0.1) is 0 Å². The number of carbonyl (C=O) groups excluding carboxylic acids is 1. The van der Waals surface area contributed by atoms with Gasteiger partial charge in [-0.3, -0.25) is 10.1 Å². The molecule has 4 rings (SSSR count). The molecule has 0 aliphatic heterocycles. The van der Waals surface area contributed by atoms with E-state index in [0.29, 0.717) is 27.2 Å². The highest BCUT2D eigenvalue weighted by Crippen LogP contribution is 2.32. The van der Waals surface area contributed by atoms with Crippen molar-refractivity contribution in [2.45, 2.75) is 0 Å². The number of nitrogens with zero attached hydrogens (tertiary/aromatic N) is 1. The fourth-order valence-corrected chi connectivity index (χ4v) is 3.45. The smallest absolute Gasteiger partial charge is 0.258 e. The van der Waals surface area contributed by atoms with E-state index in [2.05, 4.69) is 10.3 Å². The Hall–Kier alpha value is -2.83. The normalized spacial score (nSPS) is 10.8. The molecule has 0 bridgehead atoms. The van der Waals surface area contributed by atoms with E-state index in [9.17, 15) is 4.79 Å². The lowest BCUT2D eigenvalue weighted by Gasteiger charge is -2.03. The van der Waals surface area contributed by atoms with Crippen LogP contribution in [0.3, 0.4) is 0 Å². The van der Waals surface area contributed by atoms with Gasteiger partial charge in [0.15, 0.2) is 10.9 Å². The Morgan fingerprint density at radius 1 is 1.23 bits per heavy atom. The number of fused-ring (bicyclic) bond motifs is 1. The van der Waals surface area contributed by atoms with Crippen LogP contribution in [0.1, 0.15) is 10.4 Å². The number of methoxy groups -OCH3 is 1. The topological polar surface area (TPSA) is 64.4 Å². The summed E-state index contributed by atoms with van der Waals surface area (Å²) in [6.45, 7) is 0. The molecule has 0 radical (unpaired) electrons. The summed E-state index contributed by atoms with van der Waals surface area (Å²) in [4.78, 5) is 16.8. The van der Waals surface area contributed by atoms with Crippen molar-refractivity contribution < 1.29 is 13.9 Å². The first-order valence-electron chi connectivity index (χ1n) is 7.73. The second-order valence-electron chi connectivity index (χ2n) is 5.49. The monoisotopic (exact) mass is 384 g/mol. The first-order valence-corrected chi connectivity index (χ1v) is 8.99. The van der Waals surface area contributed by atoms with Crippen molar-refractivity contribution in [2.24, 2.45) is 0 Å². The van der Waals surface area contributed by atoms with E-state index in [1.54, 1.807) is 31.4 Å². The average molecular weight is 385 g/mol. The molecule has 4 aromatic rings. The number of ether oxygens (including phenoxy) is 1. The Bertz CT molecular complexity index is 1100. The molecule has 2 aromatic heterocycles. The van der Waals surface area contributed by atoms with Gasteiger partial charge in [0.25, 0.3) is 5.91 Å². The number of anilines is 1. The number of carbonyl (C=O) groups is 1. The average Bonchev–Trinajstić information content (AvgIpc) is 3.27. The van der Waals surface area contributed by atoms with Crippen molar-refractivity contribution in [2.75, 3.05) is 12.4 Å². The summed E-state index contributed by atoms with van der Waals surface area (Å²) in [5, 5.41) is 6.39. The molecular weight excluding hydrogens is 372 g/mol. The van der Waals surface area contributed by atoms with Gasteiger partial charge in [0, 0.05) is 10.8 Å². The van der Waals surface area contributed by atoms with Crippen LogP contribution in [-0.2, 0) is 0 Å². The highest BCUT2D eigenvalue weighted by Gasteiger charge is 2.14. The van der Waals surface area contributed by atoms with Crippen LogP contribution in [0.15, 0.2) is 58.3 Å². The molecule has 0 aliphatic carbocycles. The Balaban J connectivity index is 1.58. The van der Waals surface area contributed by atoms with Crippen molar-refractivity contribution in [1.82, 2.24) is 4.98 Å². The van der Waals surface area contributed by atoms with E-state index in [4.69, 9.17) is 20.8 Å². The minimum absolute atomic E-state index is 0.300. The van der Waals surface area contributed by atoms with Gasteiger partial charge < -0.3 is 9.15 Å². The summed E-state index contributed by atoms with van der Waals surface area (Å²) in [6, 6.07) is 14.4. The predicted molar refractivity (Wildman–Crippen MR) is 103 cm³/mol. The lowest BCUT2D eigenvalue weighted by Crippen LogP contribution is -2.12. The van der Waals surface area contributed by atoms with Gasteiger partial charge in [0.1, 0.15) is 17.0 Å². The number of aromatic nitrogens is 1. The second-order valence-corrected chi connectivity index (χ2v) is 6.75. The molecule has 0 saturated carbocycles. The summed E-state index contributed by atoms with van der Waals surface area (Å²) in [6.07, 6.45) is 0. The molecule has 0 saturated heterocycles. The van der Waals surface area contributed by atoms with Crippen LogP contribution in [0.4, 0.5) is 5.13 Å². The van der Waals surface area contributed by atoms with Gasteiger partial charge in [-0.1, -0.05) is 23.7 Å². The maximum atomic E-state index is 12.3. The van der Waals surface area contributed by atoms with Crippen molar-refractivity contribution in [3.8, 4) is 17.2 Å². The molecule has 5 nitrogen and oxygen atoms in total. The van der Waals surface area contributed by atoms with Crippen LogP contribution in [-0.4, -0.2) is 18.0 Å². The Labute approximate surface area is 158 Å². The third-order valence-corrected chi connectivity index (χ3v) is 4.91. The number of rotatable bonds is 4. The highest BCUT2D eigenvalue weighted by atomic mass is 35.5. The molecule has 1 amide bonds. The molecule has 130 valence electrons. The molecular formula is C19H13ClN2O3S. The zero-order valence-corrected chi connectivity index (χ0v) is 15.2. The van der Waals surface area contributed by atoms with E-state index in [0.717, 1.165) is 16.7 Å². The summed E-state index contributed by atoms with van der Waals surface area (Å²) in [5.74, 6) is 1.09. The molecule has 2 heterocycles. The number of hydrogen-bond donors (Lipinski definition) is 1. The molecule has 1 N–H and O–H groups in total. The third kappa shape index (κ3) is 3.16. The molecule has 0 spiro atoms. The van der Waals surface area contributed by atoms with E-state index in [1.165, 1.54) is 11.3 Å². The van der Waals surface area contributed by atoms with E-state index in [-0.39, 0.29) is 5.91 Å². The standard InChI is InChI=1S/C19H13ClN2O3S/c1-24-12-6-7-16-11(8-12)9-17(25-16)15-10-26-19(21-15)22-18(23)13-4-2-3-5-14(13)20/h2-10H,1H3,(H,21,22,23). The Morgan fingerprint density at radius 3 is 2.88 bits per heavy atom. The van der Waals surface area contributed by atoms with Gasteiger partial charge in [-0.25, -0.2) is 4.98 Å².